The average Bonchev–Trinajstić information content (AvgIpc) is 3.33. The Morgan fingerprint density at radius 2 is 1.88 bits per heavy atom. The molecule has 0 radical (unpaired) electrons. The van der Waals surface area contributed by atoms with Crippen molar-refractivity contribution in [2.75, 3.05) is 18.5 Å². The molecule has 1 aromatic heterocycles. The Morgan fingerprint density at radius 1 is 1.19 bits per heavy atom. The number of rotatable bonds is 9. The third-order valence-electron chi connectivity index (χ3n) is 4.82. The molecule has 3 aromatic rings. The Hall–Kier alpha value is -3.64. The molecule has 11 nitrogen and oxygen atoms in total. The van der Waals surface area contributed by atoms with Crippen LogP contribution in [-0.2, 0) is 10.0 Å². The molecule has 0 amide bonds. The number of benzene rings is 2. The second-order valence-corrected chi connectivity index (χ2v) is 8.66. The van der Waals surface area contributed by atoms with Gasteiger partial charge in [0, 0.05) is 19.2 Å². The summed E-state index contributed by atoms with van der Waals surface area (Å²) in [4.78, 5) is 14.7. The smallest absolute Gasteiger partial charge is 0.271 e. The number of hydrogen-bond acceptors (Lipinski definition) is 8. The molecule has 0 fully saturated rings. The largest absolute Gasteiger partial charge is 0.295 e. The third kappa shape index (κ3) is 4.81. The van der Waals surface area contributed by atoms with Crippen molar-refractivity contribution in [2.45, 2.75) is 25.7 Å². The molecule has 0 aliphatic heterocycles. The summed E-state index contributed by atoms with van der Waals surface area (Å²) in [6.45, 7) is 5.71. The van der Waals surface area contributed by atoms with E-state index in [4.69, 9.17) is 0 Å². The lowest BCUT2D eigenvalue weighted by Crippen LogP contribution is -2.30. The van der Waals surface area contributed by atoms with Crippen molar-refractivity contribution in [3.63, 3.8) is 0 Å². The minimum absolute atomic E-state index is 0.0899. The summed E-state index contributed by atoms with van der Waals surface area (Å²) in [5.41, 5.74) is 4.60. The van der Waals surface area contributed by atoms with Crippen LogP contribution >= 0.6 is 0 Å². The van der Waals surface area contributed by atoms with Crippen molar-refractivity contribution in [3.05, 3.63) is 70.8 Å². The van der Waals surface area contributed by atoms with Crippen LogP contribution in [0.3, 0.4) is 0 Å². The van der Waals surface area contributed by atoms with Gasteiger partial charge < -0.3 is 0 Å². The van der Waals surface area contributed by atoms with Crippen molar-refractivity contribution in [2.24, 2.45) is 5.10 Å². The van der Waals surface area contributed by atoms with E-state index in [2.05, 4.69) is 20.6 Å². The van der Waals surface area contributed by atoms with Gasteiger partial charge >= 0.3 is 0 Å². The van der Waals surface area contributed by atoms with Crippen molar-refractivity contribution < 1.29 is 13.3 Å². The first-order valence-corrected chi connectivity index (χ1v) is 11.3. The summed E-state index contributed by atoms with van der Waals surface area (Å²) in [6.07, 6.45) is 3.02. The standard InChI is InChI=1S/C20H23N7O4S/c1-4-25(5-2)32(30,31)18-10-11-19(20(12-18)27(28)29)24-23-15(3)16-6-8-17(9-7-16)26-14-21-13-22-26/h6-14,24H,4-5H2,1-3H3/b23-15+. The van der Waals surface area contributed by atoms with E-state index in [9.17, 15) is 18.5 Å². The fraction of sp³-hybridized carbons (Fsp3) is 0.250. The predicted molar refractivity (Wildman–Crippen MR) is 120 cm³/mol. The van der Waals surface area contributed by atoms with Crippen LogP contribution in [0, 0.1) is 10.1 Å². The molecule has 0 bridgehead atoms. The van der Waals surface area contributed by atoms with Crippen LogP contribution in [0.15, 0.2) is 65.1 Å². The lowest BCUT2D eigenvalue weighted by molar-refractivity contribution is -0.384. The molecule has 0 atom stereocenters. The molecule has 0 aliphatic carbocycles. The van der Waals surface area contributed by atoms with Crippen molar-refractivity contribution in [3.8, 4) is 5.69 Å². The highest BCUT2D eigenvalue weighted by molar-refractivity contribution is 7.89. The molecule has 0 saturated heterocycles. The maximum atomic E-state index is 12.7. The first-order chi connectivity index (χ1) is 15.3. The van der Waals surface area contributed by atoms with E-state index < -0.39 is 14.9 Å². The topological polar surface area (TPSA) is 136 Å². The second kappa shape index (κ2) is 9.66. The van der Waals surface area contributed by atoms with Gasteiger partial charge in [-0.05, 0) is 36.8 Å². The van der Waals surface area contributed by atoms with Crippen molar-refractivity contribution in [1.29, 1.82) is 0 Å². The zero-order chi connectivity index (χ0) is 23.3. The van der Waals surface area contributed by atoms with Crippen molar-refractivity contribution in [1.82, 2.24) is 19.1 Å². The first kappa shape index (κ1) is 23.0. The zero-order valence-electron chi connectivity index (χ0n) is 17.8. The Kier molecular flexibility index (Phi) is 6.95. The lowest BCUT2D eigenvalue weighted by atomic mass is 10.1. The molecule has 0 saturated carbocycles. The fourth-order valence-corrected chi connectivity index (χ4v) is 4.51. The summed E-state index contributed by atoms with van der Waals surface area (Å²) in [5.74, 6) is 0. The number of nitrogens with zero attached hydrogens (tertiary/aromatic N) is 6. The van der Waals surface area contributed by atoms with Gasteiger partial charge in [-0.2, -0.15) is 14.5 Å². The van der Waals surface area contributed by atoms with Crippen LogP contribution in [0.5, 0.6) is 0 Å². The molecule has 0 spiro atoms. The molecular weight excluding hydrogens is 434 g/mol. The number of hydrazone groups is 1. The van der Waals surface area contributed by atoms with Crippen molar-refractivity contribution >= 4 is 27.1 Å². The number of nitrogens with one attached hydrogen (secondary N) is 1. The van der Waals surface area contributed by atoms with Gasteiger partial charge in [0.25, 0.3) is 5.69 Å². The van der Waals surface area contributed by atoms with Gasteiger partial charge in [0.1, 0.15) is 18.3 Å². The monoisotopic (exact) mass is 457 g/mol. The van der Waals surface area contributed by atoms with Gasteiger partial charge in [0.2, 0.25) is 10.0 Å². The lowest BCUT2D eigenvalue weighted by Gasteiger charge is -2.18. The number of nitro benzene ring substituents is 1. The Bertz CT molecular complexity index is 1220. The highest BCUT2D eigenvalue weighted by Crippen LogP contribution is 2.29. The molecule has 168 valence electrons. The highest BCUT2D eigenvalue weighted by atomic mass is 32.2. The molecule has 12 heteroatoms. The molecule has 3 rings (SSSR count). The summed E-state index contributed by atoms with van der Waals surface area (Å²) in [5, 5.41) is 19.9. The van der Waals surface area contributed by atoms with E-state index in [1.807, 2.05) is 24.3 Å². The van der Waals surface area contributed by atoms with Crippen LogP contribution < -0.4 is 5.43 Å². The zero-order valence-corrected chi connectivity index (χ0v) is 18.7. The van der Waals surface area contributed by atoms with Gasteiger partial charge in [0.05, 0.1) is 21.2 Å². The molecule has 32 heavy (non-hydrogen) atoms. The summed E-state index contributed by atoms with van der Waals surface area (Å²) >= 11 is 0. The quantitative estimate of drug-likeness (QED) is 0.296. The Balaban J connectivity index is 1.85. The van der Waals surface area contributed by atoms with E-state index in [1.54, 1.807) is 31.8 Å². The van der Waals surface area contributed by atoms with Gasteiger partial charge in [-0.25, -0.2) is 18.1 Å². The van der Waals surface area contributed by atoms with Crippen LogP contribution in [-0.4, -0.2) is 51.2 Å². The number of anilines is 1. The van der Waals surface area contributed by atoms with E-state index in [0.29, 0.717) is 5.71 Å². The molecule has 1 heterocycles. The van der Waals surface area contributed by atoms with Crippen LogP contribution in [0.25, 0.3) is 5.69 Å². The number of sulfonamides is 1. The summed E-state index contributed by atoms with van der Waals surface area (Å²) in [6, 6.07) is 11.1. The Labute approximate surface area is 185 Å². The highest BCUT2D eigenvalue weighted by Gasteiger charge is 2.25. The summed E-state index contributed by atoms with van der Waals surface area (Å²) < 4.78 is 28.2. The molecular formula is C20H23N7O4S. The maximum Gasteiger partial charge on any atom is 0.295 e. The molecule has 2 aromatic carbocycles. The summed E-state index contributed by atoms with van der Waals surface area (Å²) in [7, 11) is -3.82. The Morgan fingerprint density at radius 3 is 2.44 bits per heavy atom. The van der Waals surface area contributed by atoms with E-state index in [1.165, 1.54) is 22.8 Å². The van der Waals surface area contributed by atoms with Crippen LogP contribution in [0.1, 0.15) is 26.3 Å². The van der Waals surface area contributed by atoms with Gasteiger partial charge in [-0.1, -0.05) is 26.0 Å². The van der Waals surface area contributed by atoms with E-state index in [0.717, 1.165) is 17.3 Å². The van der Waals surface area contributed by atoms with Gasteiger partial charge in [-0.3, -0.25) is 15.5 Å². The second-order valence-electron chi connectivity index (χ2n) is 6.72. The average molecular weight is 458 g/mol. The minimum atomic E-state index is -3.82. The third-order valence-corrected chi connectivity index (χ3v) is 6.87. The van der Waals surface area contributed by atoms with Gasteiger partial charge in [0.15, 0.2) is 0 Å². The first-order valence-electron chi connectivity index (χ1n) is 9.82. The number of hydrogen-bond donors (Lipinski definition) is 1. The van der Waals surface area contributed by atoms with Gasteiger partial charge in [-0.15, -0.1) is 0 Å². The fourth-order valence-electron chi connectivity index (χ4n) is 3.04. The van der Waals surface area contributed by atoms with E-state index in [-0.39, 0.29) is 29.4 Å². The minimum Gasteiger partial charge on any atom is -0.271 e. The molecule has 0 aliphatic rings. The number of nitro groups is 1. The maximum absolute atomic E-state index is 12.7. The van der Waals surface area contributed by atoms with E-state index >= 15 is 0 Å². The van der Waals surface area contributed by atoms with Crippen LogP contribution in [0.4, 0.5) is 11.4 Å². The van der Waals surface area contributed by atoms with Crippen LogP contribution in [0.2, 0.25) is 0 Å². The molecule has 0 unspecified atom stereocenters. The SMILES string of the molecule is CCN(CC)S(=O)(=O)c1ccc(N/N=C(\C)c2ccc(-n3cncn3)cc2)c([N+](=O)[O-])c1. The predicted octanol–water partition coefficient (Wildman–Crippen LogP) is 3.04. The number of aromatic nitrogens is 3. The normalized spacial score (nSPS) is 12.2. The molecule has 1 N–H and O–H groups in total.